The fraction of sp³-hybridized carbons (Fsp3) is 0.150. The van der Waals surface area contributed by atoms with Gasteiger partial charge in [0.15, 0.2) is 0 Å². The van der Waals surface area contributed by atoms with Crippen LogP contribution in [-0.4, -0.2) is 17.6 Å². The van der Waals surface area contributed by atoms with Crippen molar-refractivity contribution in [3.63, 3.8) is 0 Å². The lowest BCUT2D eigenvalue weighted by atomic mass is 9.87. The van der Waals surface area contributed by atoms with E-state index in [1.165, 1.54) is 0 Å². The van der Waals surface area contributed by atoms with Gasteiger partial charge < -0.3 is 10.6 Å². The summed E-state index contributed by atoms with van der Waals surface area (Å²) in [7, 11) is 0. The smallest absolute Gasteiger partial charge is 0.234 e. The lowest BCUT2D eigenvalue weighted by molar-refractivity contribution is -0.121. The van der Waals surface area contributed by atoms with Crippen LogP contribution in [0.2, 0.25) is 10.0 Å². The van der Waals surface area contributed by atoms with Crippen molar-refractivity contribution in [2.75, 3.05) is 11.1 Å². The normalized spacial score (nSPS) is 16.3. The number of thioether (sulfide) groups is 1. The van der Waals surface area contributed by atoms with Gasteiger partial charge in [-0.15, -0.1) is 0 Å². The molecule has 3 rings (SSSR count). The molecule has 0 spiro atoms. The zero-order valence-electron chi connectivity index (χ0n) is 14.5. The van der Waals surface area contributed by atoms with Gasteiger partial charge in [-0.1, -0.05) is 53.2 Å². The van der Waals surface area contributed by atoms with Crippen LogP contribution in [0.25, 0.3) is 0 Å². The predicted octanol–water partition coefficient (Wildman–Crippen LogP) is 4.70. The highest BCUT2D eigenvalue weighted by molar-refractivity contribution is 8.03. The Labute approximate surface area is 176 Å². The van der Waals surface area contributed by atoms with Crippen LogP contribution in [0.3, 0.4) is 0 Å². The molecule has 1 aliphatic rings. The molecule has 2 amide bonds. The monoisotopic (exact) mass is 431 g/mol. The number of allylic oxidation sites excluding steroid dienone is 1. The number of halogens is 2. The Kier molecular flexibility index (Phi) is 6.63. The molecule has 0 aliphatic carbocycles. The quantitative estimate of drug-likeness (QED) is 0.718. The van der Waals surface area contributed by atoms with Crippen LogP contribution >= 0.6 is 35.0 Å². The van der Waals surface area contributed by atoms with Gasteiger partial charge in [0.25, 0.3) is 0 Å². The van der Waals surface area contributed by atoms with Gasteiger partial charge in [-0.05, 0) is 35.9 Å². The molecule has 28 heavy (non-hydrogen) atoms. The van der Waals surface area contributed by atoms with Gasteiger partial charge in [0.2, 0.25) is 11.8 Å². The van der Waals surface area contributed by atoms with Gasteiger partial charge in [0.05, 0.1) is 22.4 Å². The molecule has 1 unspecified atom stereocenters. The zero-order chi connectivity index (χ0) is 20.1. The standard InChI is InChI=1S/C20H15Cl2N3O2S/c21-13-6-4-12(5-7-13)16-9-18(26)25-20(17(16)10-23)28-11-19(27)24-15-3-1-2-14(22)8-15/h1-8,16H,9,11H2,(H,24,27)(H,25,26). The Morgan fingerprint density at radius 3 is 2.64 bits per heavy atom. The van der Waals surface area contributed by atoms with E-state index in [0.29, 0.717) is 26.3 Å². The third-order valence-electron chi connectivity index (χ3n) is 4.08. The van der Waals surface area contributed by atoms with Crippen molar-refractivity contribution < 1.29 is 9.59 Å². The molecule has 1 atom stereocenters. The number of carbonyl (C=O) groups excluding carboxylic acids is 2. The molecular weight excluding hydrogens is 417 g/mol. The van der Waals surface area contributed by atoms with E-state index >= 15 is 0 Å². The average molecular weight is 432 g/mol. The molecule has 2 aromatic carbocycles. The van der Waals surface area contributed by atoms with Crippen LogP contribution in [0.4, 0.5) is 5.69 Å². The molecule has 0 bridgehead atoms. The van der Waals surface area contributed by atoms with E-state index in [4.69, 9.17) is 23.2 Å². The van der Waals surface area contributed by atoms with E-state index in [1.807, 2.05) is 0 Å². The molecule has 1 aliphatic heterocycles. The summed E-state index contributed by atoms with van der Waals surface area (Å²) < 4.78 is 0. The number of benzene rings is 2. The largest absolute Gasteiger partial charge is 0.325 e. The lowest BCUT2D eigenvalue weighted by Crippen LogP contribution is -2.31. The van der Waals surface area contributed by atoms with E-state index in [2.05, 4.69) is 16.7 Å². The van der Waals surface area contributed by atoms with E-state index in [1.54, 1.807) is 48.5 Å². The number of nitrogens with one attached hydrogen (secondary N) is 2. The van der Waals surface area contributed by atoms with Gasteiger partial charge in [0.1, 0.15) is 0 Å². The van der Waals surface area contributed by atoms with Gasteiger partial charge in [-0.3, -0.25) is 9.59 Å². The maximum Gasteiger partial charge on any atom is 0.234 e. The first-order valence-corrected chi connectivity index (χ1v) is 10.1. The van der Waals surface area contributed by atoms with E-state index in [0.717, 1.165) is 17.3 Å². The molecule has 0 aromatic heterocycles. The Morgan fingerprint density at radius 1 is 1.21 bits per heavy atom. The first kappa shape index (κ1) is 20.3. The number of carbonyl (C=O) groups is 2. The van der Waals surface area contributed by atoms with Crippen LogP contribution in [0.15, 0.2) is 59.1 Å². The minimum atomic E-state index is -0.366. The number of nitriles is 1. The SMILES string of the molecule is N#CC1=C(SCC(=O)Nc2cccc(Cl)c2)NC(=O)CC1c1ccc(Cl)cc1. The summed E-state index contributed by atoms with van der Waals surface area (Å²) in [6.45, 7) is 0. The Balaban J connectivity index is 1.74. The second kappa shape index (κ2) is 9.16. The van der Waals surface area contributed by atoms with Crippen LogP contribution < -0.4 is 10.6 Å². The van der Waals surface area contributed by atoms with E-state index in [-0.39, 0.29) is 29.9 Å². The molecular formula is C20H15Cl2N3O2S. The minimum Gasteiger partial charge on any atom is -0.325 e. The van der Waals surface area contributed by atoms with Crippen LogP contribution in [0.5, 0.6) is 0 Å². The number of amides is 2. The third kappa shape index (κ3) is 5.08. The topological polar surface area (TPSA) is 82.0 Å². The first-order valence-electron chi connectivity index (χ1n) is 8.34. The second-order valence-corrected chi connectivity index (χ2v) is 7.92. The summed E-state index contributed by atoms with van der Waals surface area (Å²) in [5.41, 5.74) is 1.85. The molecule has 142 valence electrons. The molecule has 0 saturated heterocycles. The number of nitrogens with zero attached hydrogens (tertiary/aromatic N) is 1. The van der Waals surface area contributed by atoms with Crippen molar-refractivity contribution in [2.24, 2.45) is 0 Å². The van der Waals surface area contributed by atoms with Gasteiger partial charge in [0, 0.05) is 28.1 Å². The molecule has 5 nitrogen and oxygen atoms in total. The molecule has 1 heterocycles. The summed E-state index contributed by atoms with van der Waals surface area (Å²) in [6, 6.07) is 16.1. The summed E-state index contributed by atoms with van der Waals surface area (Å²) in [6.07, 6.45) is 0.170. The average Bonchev–Trinajstić information content (AvgIpc) is 2.66. The highest BCUT2D eigenvalue weighted by Gasteiger charge is 2.29. The number of hydrogen-bond acceptors (Lipinski definition) is 4. The van der Waals surface area contributed by atoms with Crippen molar-refractivity contribution >= 4 is 52.5 Å². The van der Waals surface area contributed by atoms with Crippen molar-refractivity contribution in [3.05, 3.63) is 74.7 Å². The van der Waals surface area contributed by atoms with Crippen molar-refractivity contribution in [1.82, 2.24) is 5.32 Å². The highest BCUT2D eigenvalue weighted by Crippen LogP contribution is 2.36. The van der Waals surface area contributed by atoms with Crippen molar-refractivity contribution in [2.45, 2.75) is 12.3 Å². The molecule has 2 aromatic rings. The zero-order valence-corrected chi connectivity index (χ0v) is 16.9. The fourth-order valence-corrected chi connectivity index (χ4v) is 4.01. The van der Waals surface area contributed by atoms with Gasteiger partial charge in [-0.25, -0.2) is 0 Å². The summed E-state index contributed by atoms with van der Waals surface area (Å²) in [5.74, 6) is -0.785. The maximum absolute atomic E-state index is 12.2. The summed E-state index contributed by atoms with van der Waals surface area (Å²) in [4.78, 5) is 24.4. The highest BCUT2D eigenvalue weighted by atomic mass is 35.5. The second-order valence-electron chi connectivity index (χ2n) is 6.06. The van der Waals surface area contributed by atoms with Crippen LogP contribution in [0, 0.1) is 11.3 Å². The third-order valence-corrected chi connectivity index (χ3v) is 5.59. The molecule has 0 fully saturated rings. The summed E-state index contributed by atoms with van der Waals surface area (Å²) in [5, 5.41) is 16.6. The summed E-state index contributed by atoms with van der Waals surface area (Å²) >= 11 is 13.0. The Hall–Kier alpha value is -2.46. The minimum absolute atomic E-state index is 0.0423. The predicted molar refractivity (Wildman–Crippen MR) is 112 cm³/mol. The first-order chi connectivity index (χ1) is 13.5. The van der Waals surface area contributed by atoms with Crippen LogP contribution in [-0.2, 0) is 9.59 Å². The fourth-order valence-electron chi connectivity index (χ4n) is 2.81. The van der Waals surface area contributed by atoms with Gasteiger partial charge >= 0.3 is 0 Å². The van der Waals surface area contributed by atoms with Crippen molar-refractivity contribution in [1.29, 1.82) is 5.26 Å². The number of rotatable bonds is 5. The number of hydrogen-bond donors (Lipinski definition) is 2. The van der Waals surface area contributed by atoms with E-state index < -0.39 is 0 Å². The molecule has 2 N–H and O–H groups in total. The van der Waals surface area contributed by atoms with Gasteiger partial charge in [-0.2, -0.15) is 5.26 Å². The number of anilines is 1. The lowest BCUT2D eigenvalue weighted by Gasteiger charge is -2.25. The van der Waals surface area contributed by atoms with E-state index in [9.17, 15) is 14.9 Å². The van der Waals surface area contributed by atoms with Crippen LogP contribution in [0.1, 0.15) is 17.9 Å². The Bertz CT molecular complexity index is 984. The Morgan fingerprint density at radius 2 is 1.96 bits per heavy atom. The maximum atomic E-state index is 12.2. The molecule has 0 saturated carbocycles. The molecule has 0 radical (unpaired) electrons. The van der Waals surface area contributed by atoms with Crippen molar-refractivity contribution in [3.8, 4) is 6.07 Å². The molecule has 8 heteroatoms.